The molecule has 0 aliphatic heterocycles. The Hall–Kier alpha value is -1.16. The molecule has 1 atom stereocenters. The lowest BCUT2D eigenvalue weighted by Gasteiger charge is -2.04. The van der Waals surface area contributed by atoms with Crippen molar-refractivity contribution in [2.75, 3.05) is 6.61 Å². The number of hydrogen-bond acceptors (Lipinski definition) is 2. The van der Waals surface area contributed by atoms with Gasteiger partial charge in [-0.1, -0.05) is 0 Å². The zero-order valence-electron chi connectivity index (χ0n) is 7.30. The Balaban J connectivity index is 2.72. The number of nitrogens with zero attached hydrogens (tertiary/aromatic N) is 2. The van der Waals surface area contributed by atoms with Crippen LogP contribution in [-0.2, 0) is 16.6 Å². The number of carbonyl (C=O) groups is 1. The second-order valence-electron chi connectivity index (χ2n) is 2.51. The molecule has 0 amide bonds. The van der Waals surface area contributed by atoms with Crippen LogP contribution >= 0.6 is 0 Å². The van der Waals surface area contributed by atoms with E-state index in [1.54, 1.807) is 17.1 Å². The molecule has 0 N–H and O–H groups in total. The lowest BCUT2D eigenvalue weighted by molar-refractivity contribution is -0.671. The van der Waals surface area contributed by atoms with Crippen molar-refractivity contribution in [3.8, 4) is 0 Å². The van der Waals surface area contributed by atoms with Crippen molar-refractivity contribution in [1.29, 1.82) is 0 Å². The van der Waals surface area contributed by atoms with Gasteiger partial charge in [-0.05, 0) is 6.92 Å². The second kappa shape index (κ2) is 4.01. The van der Waals surface area contributed by atoms with E-state index in [1.807, 2.05) is 24.7 Å². The summed E-state index contributed by atoms with van der Waals surface area (Å²) in [5.74, 6) is 0. The minimum absolute atomic E-state index is 0.490. The molecule has 1 rings (SSSR count). The topological polar surface area (TPSA) is 35.1 Å². The van der Waals surface area contributed by atoms with E-state index >= 15 is 0 Å². The molecule has 0 saturated carbocycles. The van der Waals surface area contributed by atoms with Crippen LogP contribution in [0.1, 0.15) is 13.2 Å². The van der Waals surface area contributed by atoms with Gasteiger partial charge < -0.3 is 4.74 Å². The largest absolute Gasteiger partial charge is 0.334 e. The van der Waals surface area contributed by atoms with Gasteiger partial charge in [0.2, 0.25) is 6.33 Å². The molecule has 0 fully saturated rings. The van der Waals surface area contributed by atoms with Crippen LogP contribution in [0.5, 0.6) is 0 Å². The molecule has 0 aliphatic carbocycles. The summed E-state index contributed by atoms with van der Waals surface area (Å²) in [6, 6.07) is 0. The molecule has 4 heteroatoms. The zero-order chi connectivity index (χ0) is 8.97. The quantitative estimate of drug-likeness (QED) is 0.471. The highest BCUT2D eigenvalue weighted by molar-refractivity contribution is 5.53. The number of aryl methyl sites for hydroxylation is 1. The molecular formula is C8H13N2O2+. The van der Waals surface area contributed by atoms with Gasteiger partial charge in [-0.2, -0.15) is 0 Å². The van der Waals surface area contributed by atoms with Crippen LogP contribution < -0.4 is 4.57 Å². The summed E-state index contributed by atoms with van der Waals surface area (Å²) >= 11 is 0. The molecule has 0 radical (unpaired) electrons. The van der Waals surface area contributed by atoms with Crippen molar-refractivity contribution in [2.24, 2.45) is 7.05 Å². The number of carbonyl (C=O) groups excluding carboxylic acids is 1. The molecule has 0 saturated heterocycles. The van der Waals surface area contributed by atoms with E-state index in [0.717, 1.165) is 6.29 Å². The molecule has 1 unspecified atom stereocenters. The Morgan fingerprint density at radius 3 is 2.92 bits per heavy atom. The van der Waals surface area contributed by atoms with Gasteiger partial charge in [0.1, 0.15) is 12.4 Å². The fraction of sp³-hybridized carbons (Fsp3) is 0.500. The van der Waals surface area contributed by atoms with E-state index in [4.69, 9.17) is 4.74 Å². The summed E-state index contributed by atoms with van der Waals surface area (Å²) in [5, 5.41) is 0. The average Bonchev–Trinajstić information content (AvgIpc) is 2.47. The van der Waals surface area contributed by atoms with E-state index in [-0.39, 0.29) is 0 Å². The van der Waals surface area contributed by atoms with E-state index in [9.17, 15) is 4.79 Å². The van der Waals surface area contributed by atoms with E-state index in [0.29, 0.717) is 6.61 Å². The summed E-state index contributed by atoms with van der Waals surface area (Å²) < 4.78 is 8.75. The molecule has 0 bridgehead atoms. The molecule has 66 valence electrons. The van der Waals surface area contributed by atoms with Gasteiger partial charge in [0.15, 0.2) is 6.29 Å². The standard InChI is InChI=1S/C8H13N2O2/c1-3-12-8(6-11)10-5-4-9(2)7-10/h4-8H,3H2,1-2H3/q+1. The van der Waals surface area contributed by atoms with Crippen LogP contribution in [0, 0.1) is 0 Å². The van der Waals surface area contributed by atoms with Crippen LogP contribution in [0.25, 0.3) is 0 Å². The first kappa shape index (κ1) is 8.93. The van der Waals surface area contributed by atoms with Crippen LogP contribution in [0.3, 0.4) is 0 Å². The predicted molar refractivity (Wildman–Crippen MR) is 42.3 cm³/mol. The van der Waals surface area contributed by atoms with Crippen molar-refractivity contribution in [3.05, 3.63) is 18.7 Å². The number of imidazole rings is 1. The third-order valence-corrected chi connectivity index (χ3v) is 1.54. The lowest BCUT2D eigenvalue weighted by atomic mass is 10.6. The Labute approximate surface area is 71.4 Å². The smallest absolute Gasteiger partial charge is 0.259 e. The van der Waals surface area contributed by atoms with Crippen molar-refractivity contribution in [1.82, 2.24) is 4.57 Å². The Morgan fingerprint density at radius 2 is 2.50 bits per heavy atom. The Morgan fingerprint density at radius 1 is 1.75 bits per heavy atom. The van der Waals surface area contributed by atoms with Crippen LogP contribution in [0.15, 0.2) is 18.7 Å². The summed E-state index contributed by atoms with van der Waals surface area (Å²) in [6.07, 6.45) is 5.75. The van der Waals surface area contributed by atoms with Gasteiger partial charge >= 0.3 is 0 Å². The summed E-state index contributed by atoms with van der Waals surface area (Å²) in [4.78, 5) is 10.5. The summed E-state index contributed by atoms with van der Waals surface area (Å²) in [5.41, 5.74) is 0. The highest BCUT2D eigenvalue weighted by Gasteiger charge is 2.13. The first-order valence-electron chi connectivity index (χ1n) is 3.87. The third-order valence-electron chi connectivity index (χ3n) is 1.54. The summed E-state index contributed by atoms with van der Waals surface area (Å²) in [7, 11) is 1.89. The van der Waals surface area contributed by atoms with Gasteiger partial charge in [0.25, 0.3) is 6.23 Å². The third kappa shape index (κ3) is 1.92. The molecule has 1 heterocycles. The number of rotatable bonds is 4. The summed E-state index contributed by atoms with van der Waals surface area (Å²) in [6.45, 7) is 2.39. The van der Waals surface area contributed by atoms with E-state index in [2.05, 4.69) is 0 Å². The molecule has 4 nitrogen and oxygen atoms in total. The number of ether oxygens (including phenoxy) is 1. The predicted octanol–water partition coefficient (Wildman–Crippen LogP) is 0.0466. The molecule has 0 spiro atoms. The number of aromatic nitrogens is 2. The van der Waals surface area contributed by atoms with Gasteiger partial charge in [0, 0.05) is 6.61 Å². The van der Waals surface area contributed by atoms with Crippen LogP contribution in [0.4, 0.5) is 0 Å². The zero-order valence-corrected chi connectivity index (χ0v) is 7.30. The number of hydrogen-bond donors (Lipinski definition) is 0. The normalized spacial score (nSPS) is 12.8. The SMILES string of the molecule is CCOC(C=O)n1cc[n+](C)c1. The minimum Gasteiger partial charge on any atom is -0.334 e. The van der Waals surface area contributed by atoms with Gasteiger partial charge in [-0.15, -0.1) is 0 Å². The minimum atomic E-state index is -0.490. The van der Waals surface area contributed by atoms with E-state index in [1.165, 1.54) is 0 Å². The van der Waals surface area contributed by atoms with Gasteiger partial charge in [-0.25, -0.2) is 9.13 Å². The van der Waals surface area contributed by atoms with E-state index < -0.39 is 6.23 Å². The van der Waals surface area contributed by atoms with Crippen molar-refractivity contribution in [2.45, 2.75) is 13.2 Å². The highest BCUT2D eigenvalue weighted by Crippen LogP contribution is 2.02. The Kier molecular flexibility index (Phi) is 2.99. The molecule has 0 aromatic carbocycles. The van der Waals surface area contributed by atoms with Crippen molar-refractivity contribution in [3.63, 3.8) is 0 Å². The first-order chi connectivity index (χ1) is 5.77. The maximum atomic E-state index is 10.5. The maximum Gasteiger partial charge on any atom is 0.259 e. The molecular weight excluding hydrogens is 156 g/mol. The second-order valence-corrected chi connectivity index (χ2v) is 2.51. The van der Waals surface area contributed by atoms with Crippen LogP contribution in [-0.4, -0.2) is 17.5 Å². The average molecular weight is 169 g/mol. The maximum absolute atomic E-state index is 10.5. The lowest BCUT2D eigenvalue weighted by Crippen LogP contribution is -2.25. The molecule has 1 aromatic heterocycles. The highest BCUT2D eigenvalue weighted by atomic mass is 16.5. The monoisotopic (exact) mass is 169 g/mol. The molecule has 1 aromatic rings. The molecule has 0 aliphatic rings. The fourth-order valence-corrected chi connectivity index (χ4v) is 0.986. The van der Waals surface area contributed by atoms with Crippen molar-refractivity contribution < 1.29 is 14.1 Å². The Bertz CT molecular complexity index is 257. The van der Waals surface area contributed by atoms with Crippen molar-refractivity contribution >= 4 is 6.29 Å². The number of aldehydes is 1. The first-order valence-corrected chi connectivity index (χ1v) is 3.87. The van der Waals surface area contributed by atoms with Gasteiger partial charge in [-0.3, -0.25) is 4.79 Å². The van der Waals surface area contributed by atoms with Gasteiger partial charge in [0.05, 0.1) is 7.05 Å². The van der Waals surface area contributed by atoms with Crippen LogP contribution in [0.2, 0.25) is 0 Å². The fourth-order valence-electron chi connectivity index (χ4n) is 0.986. The molecule has 12 heavy (non-hydrogen) atoms.